The number of carboxylic acid groups (broad SMARTS) is 1. The normalized spacial score (nSPS) is 15.8. The quantitative estimate of drug-likeness (QED) is 0.620. The van der Waals surface area contributed by atoms with Gasteiger partial charge in [0.05, 0.1) is 5.56 Å². The molecule has 134 valence electrons. The largest absolute Gasteiger partial charge is 0.478 e. The van der Waals surface area contributed by atoms with Crippen LogP contribution >= 0.6 is 12.2 Å². The Morgan fingerprint density at radius 1 is 1.35 bits per heavy atom. The summed E-state index contributed by atoms with van der Waals surface area (Å²) in [7, 11) is 0. The molecule has 0 radical (unpaired) electrons. The van der Waals surface area contributed by atoms with Gasteiger partial charge in [0.2, 0.25) is 0 Å². The van der Waals surface area contributed by atoms with Gasteiger partial charge in [-0.2, -0.15) is 0 Å². The van der Waals surface area contributed by atoms with Crippen LogP contribution in [0.5, 0.6) is 0 Å². The van der Waals surface area contributed by atoms with Gasteiger partial charge in [-0.05, 0) is 42.4 Å². The molecule has 0 spiro atoms. The van der Waals surface area contributed by atoms with E-state index in [0.29, 0.717) is 40.4 Å². The zero-order chi connectivity index (χ0) is 18.8. The summed E-state index contributed by atoms with van der Waals surface area (Å²) >= 11 is 5.22. The van der Waals surface area contributed by atoms with Crippen molar-refractivity contribution in [3.63, 3.8) is 0 Å². The Morgan fingerprint density at radius 2 is 2.12 bits per heavy atom. The number of nitrogens with zero attached hydrogens (tertiary/aromatic N) is 1. The van der Waals surface area contributed by atoms with Crippen LogP contribution in [0.4, 0.5) is 0 Å². The lowest BCUT2D eigenvalue weighted by atomic mass is 10.1. The SMILES string of the molecule is CC(C)CN1C(=O)/C(=C/c2ccc(-c3cccc(C(=O)O)c3)o2)NC1=S. The summed E-state index contributed by atoms with van der Waals surface area (Å²) < 4.78 is 5.74. The molecule has 1 saturated heterocycles. The van der Waals surface area contributed by atoms with Gasteiger partial charge in [0, 0.05) is 18.2 Å². The number of aromatic carboxylic acids is 1. The van der Waals surface area contributed by atoms with Crippen molar-refractivity contribution >= 4 is 35.3 Å². The van der Waals surface area contributed by atoms with Gasteiger partial charge in [-0.15, -0.1) is 0 Å². The first-order chi connectivity index (χ1) is 12.3. The highest BCUT2D eigenvalue weighted by Crippen LogP contribution is 2.25. The van der Waals surface area contributed by atoms with E-state index in [1.54, 1.807) is 30.3 Å². The minimum atomic E-state index is -1.000. The molecule has 2 aromatic rings. The molecule has 3 rings (SSSR count). The molecule has 1 fully saturated rings. The maximum absolute atomic E-state index is 12.5. The monoisotopic (exact) mass is 370 g/mol. The topological polar surface area (TPSA) is 82.8 Å². The van der Waals surface area contributed by atoms with Crippen molar-refractivity contribution in [3.05, 3.63) is 53.4 Å². The van der Waals surface area contributed by atoms with Crippen LogP contribution in [-0.4, -0.2) is 33.5 Å². The fourth-order valence-corrected chi connectivity index (χ4v) is 2.90. The molecule has 2 heterocycles. The number of carboxylic acids is 1. The molecule has 0 unspecified atom stereocenters. The number of thiocarbonyl (C=S) groups is 1. The van der Waals surface area contributed by atoms with Gasteiger partial charge in [0.15, 0.2) is 5.11 Å². The van der Waals surface area contributed by atoms with E-state index in [0.717, 1.165) is 0 Å². The van der Waals surface area contributed by atoms with E-state index in [4.69, 9.17) is 21.7 Å². The number of hydrogen-bond donors (Lipinski definition) is 2. The van der Waals surface area contributed by atoms with Crippen molar-refractivity contribution in [2.75, 3.05) is 6.54 Å². The van der Waals surface area contributed by atoms with Crippen molar-refractivity contribution in [2.45, 2.75) is 13.8 Å². The number of carbonyl (C=O) groups excluding carboxylic acids is 1. The Labute approximate surface area is 156 Å². The molecule has 1 aromatic carbocycles. The van der Waals surface area contributed by atoms with Gasteiger partial charge < -0.3 is 14.8 Å². The summed E-state index contributed by atoms with van der Waals surface area (Å²) in [5, 5.41) is 12.4. The predicted molar refractivity (Wildman–Crippen MR) is 101 cm³/mol. The molecule has 26 heavy (non-hydrogen) atoms. The molecule has 2 N–H and O–H groups in total. The fraction of sp³-hybridized carbons (Fsp3) is 0.211. The number of benzene rings is 1. The predicted octanol–water partition coefficient (Wildman–Crippen LogP) is 3.36. The highest BCUT2D eigenvalue weighted by molar-refractivity contribution is 7.80. The maximum Gasteiger partial charge on any atom is 0.335 e. The van der Waals surface area contributed by atoms with Crippen LogP contribution in [-0.2, 0) is 4.79 Å². The van der Waals surface area contributed by atoms with E-state index in [1.807, 2.05) is 13.8 Å². The van der Waals surface area contributed by atoms with E-state index >= 15 is 0 Å². The molecule has 1 aromatic heterocycles. The van der Waals surface area contributed by atoms with Crippen molar-refractivity contribution in [1.82, 2.24) is 10.2 Å². The van der Waals surface area contributed by atoms with Crippen LogP contribution in [0.2, 0.25) is 0 Å². The lowest BCUT2D eigenvalue weighted by Gasteiger charge is -2.15. The Balaban J connectivity index is 1.84. The van der Waals surface area contributed by atoms with Gasteiger partial charge in [-0.25, -0.2) is 4.79 Å². The van der Waals surface area contributed by atoms with E-state index < -0.39 is 5.97 Å². The van der Waals surface area contributed by atoms with Gasteiger partial charge in [-0.3, -0.25) is 9.69 Å². The summed E-state index contributed by atoms with van der Waals surface area (Å²) in [6, 6.07) is 9.93. The van der Waals surface area contributed by atoms with E-state index in [-0.39, 0.29) is 11.5 Å². The van der Waals surface area contributed by atoms with E-state index in [1.165, 1.54) is 17.0 Å². The lowest BCUT2D eigenvalue weighted by Crippen LogP contribution is -2.33. The average molecular weight is 370 g/mol. The Bertz CT molecular complexity index is 914. The van der Waals surface area contributed by atoms with Gasteiger partial charge in [0.1, 0.15) is 17.2 Å². The first-order valence-corrected chi connectivity index (χ1v) is 8.54. The number of nitrogens with one attached hydrogen (secondary N) is 1. The Hall–Kier alpha value is -2.93. The van der Waals surface area contributed by atoms with Crippen LogP contribution in [0.1, 0.15) is 30.0 Å². The molecule has 0 atom stereocenters. The van der Waals surface area contributed by atoms with E-state index in [2.05, 4.69) is 5.32 Å². The molecule has 1 aliphatic heterocycles. The molecule has 0 bridgehead atoms. The summed E-state index contributed by atoms with van der Waals surface area (Å²) in [5.74, 6) is 0.113. The zero-order valence-electron chi connectivity index (χ0n) is 14.4. The first-order valence-electron chi connectivity index (χ1n) is 8.13. The minimum Gasteiger partial charge on any atom is -0.478 e. The third-order valence-corrected chi connectivity index (χ3v) is 4.14. The van der Waals surface area contributed by atoms with Crippen molar-refractivity contribution in [1.29, 1.82) is 0 Å². The summed E-state index contributed by atoms with van der Waals surface area (Å²) in [6.45, 7) is 4.58. The van der Waals surface area contributed by atoms with Crippen molar-refractivity contribution in [3.8, 4) is 11.3 Å². The lowest BCUT2D eigenvalue weighted by molar-refractivity contribution is -0.122. The second kappa shape index (κ2) is 7.13. The molecule has 0 aliphatic carbocycles. The third kappa shape index (κ3) is 3.67. The third-order valence-electron chi connectivity index (χ3n) is 3.82. The Kier molecular flexibility index (Phi) is 4.90. The number of carbonyl (C=O) groups is 2. The molecule has 7 heteroatoms. The van der Waals surface area contributed by atoms with Crippen LogP contribution in [0.15, 0.2) is 46.5 Å². The van der Waals surface area contributed by atoms with Crippen LogP contribution in [0.3, 0.4) is 0 Å². The average Bonchev–Trinajstić information content (AvgIpc) is 3.15. The van der Waals surface area contributed by atoms with Crippen molar-refractivity contribution in [2.24, 2.45) is 5.92 Å². The van der Waals surface area contributed by atoms with Crippen LogP contribution < -0.4 is 5.32 Å². The fourth-order valence-electron chi connectivity index (χ4n) is 2.64. The zero-order valence-corrected chi connectivity index (χ0v) is 15.2. The highest BCUT2D eigenvalue weighted by atomic mass is 32.1. The summed E-state index contributed by atoms with van der Waals surface area (Å²) in [6.07, 6.45) is 1.60. The standard InChI is InChI=1S/C19H18N2O4S/c1-11(2)10-21-17(22)15(20-19(21)26)9-14-6-7-16(25-14)12-4-3-5-13(8-12)18(23)24/h3-9,11H,10H2,1-2H3,(H,20,26)(H,23,24)/b15-9-. The van der Waals surface area contributed by atoms with E-state index in [9.17, 15) is 9.59 Å². The molecular weight excluding hydrogens is 352 g/mol. The number of amides is 1. The smallest absolute Gasteiger partial charge is 0.335 e. The first kappa shape index (κ1) is 17.9. The highest BCUT2D eigenvalue weighted by Gasteiger charge is 2.31. The van der Waals surface area contributed by atoms with Crippen LogP contribution in [0, 0.1) is 5.92 Å². The summed E-state index contributed by atoms with van der Waals surface area (Å²) in [4.78, 5) is 25.1. The van der Waals surface area contributed by atoms with Gasteiger partial charge >= 0.3 is 5.97 Å². The molecule has 0 saturated carbocycles. The Morgan fingerprint density at radius 3 is 2.81 bits per heavy atom. The van der Waals surface area contributed by atoms with Gasteiger partial charge in [-0.1, -0.05) is 26.0 Å². The maximum atomic E-state index is 12.5. The molecule has 1 amide bonds. The second-order valence-electron chi connectivity index (χ2n) is 6.39. The number of furan rings is 1. The molecular formula is C19H18N2O4S. The van der Waals surface area contributed by atoms with Crippen LogP contribution in [0.25, 0.3) is 17.4 Å². The molecule has 6 nitrogen and oxygen atoms in total. The van der Waals surface area contributed by atoms with Gasteiger partial charge in [0.25, 0.3) is 5.91 Å². The second-order valence-corrected chi connectivity index (χ2v) is 6.77. The summed E-state index contributed by atoms with van der Waals surface area (Å²) in [5.41, 5.74) is 1.19. The molecule has 1 aliphatic rings. The number of rotatable bonds is 5. The number of hydrogen-bond acceptors (Lipinski definition) is 4. The minimum absolute atomic E-state index is 0.182. The van der Waals surface area contributed by atoms with Crippen molar-refractivity contribution < 1.29 is 19.1 Å².